The van der Waals surface area contributed by atoms with Gasteiger partial charge in [-0.2, -0.15) is 8.42 Å². The molecule has 0 unspecified atom stereocenters. The van der Waals surface area contributed by atoms with E-state index in [1.54, 1.807) is 38.1 Å². The fourth-order valence-electron chi connectivity index (χ4n) is 3.25. The van der Waals surface area contributed by atoms with E-state index in [2.05, 4.69) is 9.39 Å². The first-order chi connectivity index (χ1) is 14.5. The van der Waals surface area contributed by atoms with Gasteiger partial charge >= 0.3 is 0 Å². The van der Waals surface area contributed by atoms with E-state index in [1.165, 1.54) is 12.1 Å². The summed E-state index contributed by atoms with van der Waals surface area (Å²) >= 11 is 0. The summed E-state index contributed by atoms with van der Waals surface area (Å²) in [4.78, 5) is 17.2. The summed E-state index contributed by atoms with van der Waals surface area (Å²) in [7, 11) is -3.98. The van der Waals surface area contributed by atoms with Gasteiger partial charge in [-0.25, -0.2) is 4.99 Å². The van der Waals surface area contributed by atoms with Crippen LogP contribution >= 0.6 is 0 Å². The van der Waals surface area contributed by atoms with E-state index in [4.69, 9.17) is 0 Å². The number of hydrogen-bond donors (Lipinski definition) is 0. The summed E-state index contributed by atoms with van der Waals surface area (Å²) in [5, 5.41) is 0. The van der Waals surface area contributed by atoms with Crippen LogP contribution in [0.5, 0.6) is 0 Å². The third-order valence-corrected chi connectivity index (χ3v) is 6.85. The van der Waals surface area contributed by atoms with Gasteiger partial charge in [0.25, 0.3) is 10.0 Å². The van der Waals surface area contributed by atoms with E-state index in [0.29, 0.717) is 22.4 Å². The molecule has 5 nitrogen and oxygen atoms in total. The van der Waals surface area contributed by atoms with Crippen molar-refractivity contribution >= 4 is 27.4 Å². The molecule has 2 aromatic rings. The third-order valence-electron chi connectivity index (χ3n) is 5.57. The molecule has 0 atom stereocenters. The van der Waals surface area contributed by atoms with Crippen molar-refractivity contribution in [3.8, 4) is 0 Å². The number of allylic oxidation sites excluding steroid dienone is 4. The van der Waals surface area contributed by atoms with Crippen LogP contribution in [0.15, 0.2) is 85.1 Å². The van der Waals surface area contributed by atoms with Crippen molar-refractivity contribution in [2.45, 2.75) is 46.4 Å². The van der Waals surface area contributed by atoms with Crippen LogP contribution in [0.1, 0.15) is 44.4 Å². The van der Waals surface area contributed by atoms with Gasteiger partial charge in [-0.15, -0.1) is 4.40 Å². The first kappa shape index (κ1) is 22.6. The highest BCUT2D eigenvalue weighted by atomic mass is 32.2. The van der Waals surface area contributed by atoms with Crippen LogP contribution in [0.2, 0.25) is 0 Å². The quantitative estimate of drug-likeness (QED) is 0.381. The van der Waals surface area contributed by atoms with E-state index >= 15 is 0 Å². The summed E-state index contributed by atoms with van der Waals surface area (Å²) in [6.45, 7) is 11.0. The molecule has 0 fully saturated rings. The molecular weight excluding hydrogens is 408 g/mol. The van der Waals surface area contributed by atoms with Crippen molar-refractivity contribution in [1.82, 2.24) is 0 Å². The zero-order chi connectivity index (χ0) is 22.9. The Hall–Kier alpha value is -3.12. The van der Waals surface area contributed by atoms with Crippen molar-refractivity contribution in [2.75, 3.05) is 0 Å². The molecule has 0 spiro atoms. The zero-order valence-corrected chi connectivity index (χ0v) is 19.5. The van der Waals surface area contributed by atoms with Gasteiger partial charge in [0.05, 0.1) is 10.6 Å². The van der Waals surface area contributed by atoms with Gasteiger partial charge in [-0.05, 0) is 64.8 Å². The van der Waals surface area contributed by atoms with Gasteiger partial charge in [0, 0.05) is 16.7 Å². The van der Waals surface area contributed by atoms with Crippen LogP contribution in [0, 0.1) is 13.8 Å². The molecule has 2 aromatic carbocycles. The van der Waals surface area contributed by atoms with E-state index in [1.807, 2.05) is 39.8 Å². The van der Waals surface area contributed by atoms with E-state index in [-0.39, 0.29) is 16.5 Å². The van der Waals surface area contributed by atoms with Crippen molar-refractivity contribution < 1.29 is 13.2 Å². The number of hydrogen-bond acceptors (Lipinski definition) is 3. The number of benzene rings is 2. The molecular formula is C25H26N2O3S. The van der Waals surface area contributed by atoms with Gasteiger partial charge in [-0.3, -0.25) is 4.79 Å². The molecule has 6 heteroatoms. The molecule has 0 bridgehead atoms. The number of nitrogens with zero attached hydrogens (tertiary/aromatic N) is 2. The monoisotopic (exact) mass is 434 g/mol. The Morgan fingerprint density at radius 2 is 1.13 bits per heavy atom. The topological polar surface area (TPSA) is 75.9 Å². The minimum atomic E-state index is -3.98. The lowest BCUT2D eigenvalue weighted by atomic mass is 9.86. The van der Waals surface area contributed by atoms with Crippen molar-refractivity contribution in [3.63, 3.8) is 0 Å². The predicted molar refractivity (Wildman–Crippen MR) is 125 cm³/mol. The summed E-state index contributed by atoms with van der Waals surface area (Å²) in [5.74, 6) is 0.0688. The van der Waals surface area contributed by atoms with Crippen LogP contribution in [-0.4, -0.2) is 25.7 Å². The van der Waals surface area contributed by atoms with Crippen molar-refractivity contribution in [2.24, 2.45) is 9.39 Å². The molecule has 0 saturated carbocycles. The SMILES string of the molecule is CC1=C(C)C(=N/C(=N/S(=O)(=O)c2ccc(C)cc2)c2ccc(C)cc2)C(C)=C(C)C1=O. The zero-order valence-electron chi connectivity index (χ0n) is 18.6. The Kier molecular flexibility index (Phi) is 6.23. The lowest BCUT2D eigenvalue weighted by molar-refractivity contribution is -0.112. The Morgan fingerprint density at radius 1 is 0.677 bits per heavy atom. The van der Waals surface area contributed by atoms with Crippen molar-refractivity contribution in [1.29, 1.82) is 0 Å². The first-order valence-corrected chi connectivity index (χ1v) is 11.4. The number of carbonyl (C=O) groups is 1. The molecule has 0 heterocycles. The van der Waals surface area contributed by atoms with Crippen LogP contribution in [0.25, 0.3) is 0 Å². The smallest absolute Gasteiger partial charge is 0.284 e. The second-order valence-corrected chi connectivity index (χ2v) is 9.46. The standard InChI is InChI=1S/C25H26N2O3S/c1-15-7-11-21(12-8-15)25(27-31(29,30)22-13-9-16(2)10-14-22)26-23-17(3)19(5)24(28)20(6)18(23)4/h7-14H,1-6H3/b27-25+. The van der Waals surface area contributed by atoms with Gasteiger partial charge in [0.15, 0.2) is 11.6 Å². The molecule has 3 rings (SSSR count). The molecule has 31 heavy (non-hydrogen) atoms. The average Bonchev–Trinajstić information content (AvgIpc) is 2.74. The Bertz CT molecular complexity index is 1250. The van der Waals surface area contributed by atoms with E-state index in [9.17, 15) is 13.2 Å². The summed E-state index contributed by atoms with van der Waals surface area (Å²) in [5.41, 5.74) is 5.81. The molecule has 0 aliphatic heterocycles. The Balaban J connectivity index is 2.24. The number of rotatable bonds is 3. The normalized spacial score (nSPS) is 15.6. The maximum absolute atomic E-state index is 13.0. The van der Waals surface area contributed by atoms with Crippen LogP contribution < -0.4 is 0 Å². The van der Waals surface area contributed by atoms with Crippen LogP contribution in [-0.2, 0) is 14.8 Å². The molecule has 0 N–H and O–H groups in total. The highest BCUT2D eigenvalue weighted by molar-refractivity contribution is 7.90. The number of aryl methyl sites for hydroxylation is 2. The minimum Gasteiger partial charge on any atom is -0.289 e. The average molecular weight is 435 g/mol. The van der Waals surface area contributed by atoms with E-state index in [0.717, 1.165) is 22.3 Å². The fraction of sp³-hybridized carbons (Fsp3) is 0.240. The van der Waals surface area contributed by atoms with Crippen molar-refractivity contribution in [3.05, 3.63) is 87.5 Å². The van der Waals surface area contributed by atoms with Crippen LogP contribution in [0.4, 0.5) is 0 Å². The Labute approximate surface area is 184 Å². The van der Waals surface area contributed by atoms with Gasteiger partial charge < -0.3 is 0 Å². The van der Waals surface area contributed by atoms with Gasteiger partial charge in [0.1, 0.15) is 0 Å². The van der Waals surface area contributed by atoms with E-state index < -0.39 is 10.0 Å². The molecule has 0 radical (unpaired) electrons. The number of ketones is 1. The molecule has 160 valence electrons. The number of sulfonamides is 1. The second kappa shape index (κ2) is 8.55. The number of amidine groups is 1. The number of Topliss-reactive ketones (excluding diaryl/α,β-unsaturated/α-hetero) is 1. The largest absolute Gasteiger partial charge is 0.289 e. The fourth-order valence-corrected chi connectivity index (χ4v) is 4.21. The lowest BCUT2D eigenvalue weighted by Gasteiger charge is -2.20. The lowest BCUT2D eigenvalue weighted by Crippen LogP contribution is -2.21. The highest BCUT2D eigenvalue weighted by Crippen LogP contribution is 2.26. The van der Waals surface area contributed by atoms with Gasteiger partial charge in [0.2, 0.25) is 0 Å². The summed E-state index contributed by atoms with van der Waals surface area (Å²) in [6.07, 6.45) is 0. The van der Waals surface area contributed by atoms with Crippen LogP contribution in [0.3, 0.4) is 0 Å². The molecule has 1 aliphatic rings. The maximum Gasteiger partial charge on any atom is 0.284 e. The molecule has 0 saturated heterocycles. The summed E-state index contributed by atoms with van der Waals surface area (Å²) < 4.78 is 30.2. The minimum absolute atomic E-state index is 0.0185. The first-order valence-electron chi connectivity index (χ1n) is 9.99. The number of carbonyl (C=O) groups excluding carboxylic acids is 1. The summed E-state index contributed by atoms with van der Waals surface area (Å²) in [6, 6.07) is 13.9. The molecule has 0 aromatic heterocycles. The Morgan fingerprint density at radius 3 is 1.61 bits per heavy atom. The highest BCUT2D eigenvalue weighted by Gasteiger charge is 2.25. The predicted octanol–water partition coefficient (Wildman–Crippen LogP) is 5.14. The molecule has 0 amide bonds. The second-order valence-electron chi connectivity index (χ2n) is 7.86. The third kappa shape index (κ3) is 4.64. The molecule has 1 aliphatic carbocycles. The maximum atomic E-state index is 13.0. The number of aliphatic imine (C=N–C) groups is 1. The van der Waals surface area contributed by atoms with Gasteiger partial charge in [-0.1, -0.05) is 47.5 Å².